The monoisotopic (exact) mass is 222 g/mol. The number of rotatable bonds is 3. The Morgan fingerprint density at radius 1 is 1.69 bits per heavy atom. The van der Waals surface area contributed by atoms with E-state index in [9.17, 15) is 4.79 Å². The van der Waals surface area contributed by atoms with Gasteiger partial charge >= 0.3 is 0 Å². The fourth-order valence-corrected chi connectivity index (χ4v) is 2.04. The Kier molecular flexibility index (Phi) is 3.62. The average Bonchev–Trinajstić information content (AvgIpc) is 2.79. The van der Waals surface area contributed by atoms with Crippen LogP contribution in [0.15, 0.2) is 22.8 Å². The van der Waals surface area contributed by atoms with Crippen molar-refractivity contribution in [1.29, 1.82) is 0 Å². The third kappa shape index (κ3) is 2.64. The fraction of sp³-hybridized carbons (Fsp3) is 0.583. The first kappa shape index (κ1) is 11.2. The van der Waals surface area contributed by atoms with E-state index in [-0.39, 0.29) is 5.91 Å². The molecule has 1 N–H and O–H groups in total. The quantitative estimate of drug-likeness (QED) is 0.831. The minimum absolute atomic E-state index is 0.227. The van der Waals surface area contributed by atoms with E-state index < -0.39 is 0 Å². The maximum atomic E-state index is 12.0. The molecule has 1 amide bonds. The fourth-order valence-electron chi connectivity index (χ4n) is 2.04. The Labute approximate surface area is 95.6 Å². The third-order valence-corrected chi connectivity index (χ3v) is 2.99. The van der Waals surface area contributed by atoms with E-state index in [0.29, 0.717) is 18.9 Å². The van der Waals surface area contributed by atoms with Gasteiger partial charge < -0.3 is 14.6 Å². The van der Waals surface area contributed by atoms with E-state index in [2.05, 4.69) is 12.2 Å². The van der Waals surface area contributed by atoms with E-state index in [1.807, 2.05) is 17.0 Å². The molecule has 1 saturated heterocycles. The molecule has 1 aliphatic heterocycles. The highest BCUT2D eigenvalue weighted by molar-refractivity contribution is 5.76. The van der Waals surface area contributed by atoms with Crippen LogP contribution in [0.25, 0.3) is 0 Å². The van der Waals surface area contributed by atoms with E-state index in [4.69, 9.17) is 4.42 Å². The lowest BCUT2D eigenvalue weighted by Crippen LogP contribution is -2.52. The number of nitrogens with one attached hydrogen (secondary N) is 1. The van der Waals surface area contributed by atoms with Gasteiger partial charge in [0.2, 0.25) is 5.91 Å². The number of hydrogen-bond donors (Lipinski definition) is 1. The van der Waals surface area contributed by atoms with Crippen molar-refractivity contribution < 1.29 is 9.21 Å². The Hall–Kier alpha value is -1.29. The molecular weight excluding hydrogens is 204 g/mol. The molecule has 0 radical (unpaired) electrons. The molecule has 0 saturated carbocycles. The number of nitrogens with zero attached hydrogens (tertiary/aromatic N) is 1. The zero-order valence-corrected chi connectivity index (χ0v) is 9.61. The summed E-state index contributed by atoms with van der Waals surface area (Å²) in [7, 11) is 0. The molecule has 1 aliphatic rings. The van der Waals surface area contributed by atoms with Crippen LogP contribution in [0.5, 0.6) is 0 Å². The number of carbonyl (C=O) groups is 1. The summed E-state index contributed by atoms with van der Waals surface area (Å²) in [4.78, 5) is 13.9. The molecule has 0 bridgehead atoms. The van der Waals surface area contributed by atoms with Gasteiger partial charge in [-0.2, -0.15) is 0 Å². The van der Waals surface area contributed by atoms with E-state index in [1.54, 1.807) is 6.26 Å². The SMILES string of the molecule is C[C@@H]1CNCCN1C(=O)CCc1ccco1. The minimum Gasteiger partial charge on any atom is -0.469 e. The van der Waals surface area contributed by atoms with Crippen molar-refractivity contribution in [1.82, 2.24) is 10.2 Å². The molecular formula is C12H18N2O2. The summed E-state index contributed by atoms with van der Waals surface area (Å²) in [6.07, 6.45) is 2.88. The zero-order valence-electron chi connectivity index (χ0n) is 9.61. The number of amides is 1. The largest absolute Gasteiger partial charge is 0.469 e. The van der Waals surface area contributed by atoms with E-state index >= 15 is 0 Å². The first-order chi connectivity index (χ1) is 7.77. The maximum Gasteiger partial charge on any atom is 0.223 e. The van der Waals surface area contributed by atoms with Gasteiger partial charge in [-0.25, -0.2) is 0 Å². The standard InChI is InChI=1S/C12H18N2O2/c1-10-9-13-6-7-14(10)12(15)5-4-11-3-2-8-16-11/h2-3,8,10,13H,4-7,9H2,1H3/t10-/m1/s1. The predicted octanol–water partition coefficient (Wildman–Crippen LogP) is 1.03. The molecule has 0 aromatic carbocycles. The number of carbonyl (C=O) groups excluding carboxylic acids is 1. The van der Waals surface area contributed by atoms with Crippen LogP contribution in [-0.2, 0) is 11.2 Å². The van der Waals surface area contributed by atoms with Gasteiger partial charge in [-0.3, -0.25) is 4.79 Å². The Morgan fingerprint density at radius 2 is 2.56 bits per heavy atom. The maximum absolute atomic E-state index is 12.0. The van der Waals surface area contributed by atoms with Gasteiger partial charge in [0.1, 0.15) is 5.76 Å². The van der Waals surface area contributed by atoms with Crippen LogP contribution in [0.2, 0.25) is 0 Å². The Morgan fingerprint density at radius 3 is 3.25 bits per heavy atom. The van der Waals surface area contributed by atoms with Crippen molar-refractivity contribution >= 4 is 5.91 Å². The van der Waals surface area contributed by atoms with Crippen molar-refractivity contribution in [2.24, 2.45) is 0 Å². The highest BCUT2D eigenvalue weighted by Gasteiger charge is 2.22. The molecule has 4 nitrogen and oxygen atoms in total. The molecule has 1 aromatic heterocycles. The van der Waals surface area contributed by atoms with Gasteiger partial charge in [0, 0.05) is 38.5 Å². The molecule has 88 valence electrons. The first-order valence-electron chi connectivity index (χ1n) is 5.80. The summed E-state index contributed by atoms with van der Waals surface area (Å²) in [6, 6.07) is 4.07. The molecule has 1 atom stereocenters. The zero-order chi connectivity index (χ0) is 11.4. The number of hydrogen-bond acceptors (Lipinski definition) is 3. The second-order valence-corrected chi connectivity index (χ2v) is 4.22. The van der Waals surface area contributed by atoms with Crippen LogP contribution in [0.3, 0.4) is 0 Å². The normalized spacial score (nSPS) is 21.1. The van der Waals surface area contributed by atoms with Crippen molar-refractivity contribution in [3.05, 3.63) is 24.2 Å². The second kappa shape index (κ2) is 5.16. The third-order valence-electron chi connectivity index (χ3n) is 2.99. The smallest absolute Gasteiger partial charge is 0.223 e. The molecule has 1 aromatic rings. The van der Waals surface area contributed by atoms with Gasteiger partial charge in [0.05, 0.1) is 6.26 Å². The van der Waals surface area contributed by atoms with Crippen LogP contribution in [-0.4, -0.2) is 36.5 Å². The van der Waals surface area contributed by atoms with Crippen molar-refractivity contribution in [3.8, 4) is 0 Å². The highest BCUT2D eigenvalue weighted by atomic mass is 16.3. The molecule has 16 heavy (non-hydrogen) atoms. The summed E-state index contributed by atoms with van der Waals surface area (Å²) in [5.74, 6) is 1.11. The summed E-state index contributed by atoms with van der Waals surface area (Å²) in [6.45, 7) is 4.69. The summed E-state index contributed by atoms with van der Waals surface area (Å²) >= 11 is 0. The summed E-state index contributed by atoms with van der Waals surface area (Å²) < 4.78 is 5.21. The van der Waals surface area contributed by atoms with E-state index in [1.165, 1.54) is 0 Å². The number of piperazine rings is 1. The molecule has 0 spiro atoms. The topological polar surface area (TPSA) is 45.5 Å². The summed E-state index contributed by atoms with van der Waals surface area (Å²) in [5.41, 5.74) is 0. The minimum atomic E-state index is 0.227. The van der Waals surface area contributed by atoms with Gasteiger partial charge in [0.15, 0.2) is 0 Å². The lowest BCUT2D eigenvalue weighted by atomic mass is 10.1. The second-order valence-electron chi connectivity index (χ2n) is 4.22. The first-order valence-corrected chi connectivity index (χ1v) is 5.80. The van der Waals surface area contributed by atoms with Crippen molar-refractivity contribution in [3.63, 3.8) is 0 Å². The molecule has 0 unspecified atom stereocenters. The van der Waals surface area contributed by atoms with Crippen molar-refractivity contribution in [2.45, 2.75) is 25.8 Å². The van der Waals surface area contributed by atoms with E-state index in [0.717, 1.165) is 25.4 Å². The van der Waals surface area contributed by atoms with Crippen molar-refractivity contribution in [2.75, 3.05) is 19.6 Å². The van der Waals surface area contributed by atoms with Gasteiger partial charge in [-0.05, 0) is 19.1 Å². The van der Waals surface area contributed by atoms with Gasteiger partial charge in [-0.1, -0.05) is 0 Å². The Balaban J connectivity index is 1.83. The molecule has 0 aliphatic carbocycles. The molecule has 2 heterocycles. The number of aryl methyl sites for hydroxylation is 1. The van der Waals surface area contributed by atoms with Crippen LogP contribution in [0.1, 0.15) is 19.1 Å². The molecule has 1 fully saturated rings. The van der Waals surface area contributed by atoms with Crippen LogP contribution in [0, 0.1) is 0 Å². The van der Waals surface area contributed by atoms with Crippen LogP contribution < -0.4 is 5.32 Å². The van der Waals surface area contributed by atoms with Crippen LogP contribution in [0.4, 0.5) is 0 Å². The lowest BCUT2D eigenvalue weighted by Gasteiger charge is -2.34. The molecule has 4 heteroatoms. The van der Waals surface area contributed by atoms with Gasteiger partial charge in [-0.15, -0.1) is 0 Å². The average molecular weight is 222 g/mol. The molecule has 2 rings (SSSR count). The van der Waals surface area contributed by atoms with Crippen LogP contribution >= 0.6 is 0 Å². The van der Waals surface area contributed by atoms with Gasteiger partial charge in [0.25, 0.3) is 0 Å². The highest BCUT2D eigenvalue weighted by Crippen LogP contribution is 2.09. The lowest BCUT2D eigenvalue weighted by molar-refractivity contribution is -0.133. The predicted molar refractivity (Wildman–Crippen MR) is 61.1 cm³/mol. The summed E-state index contributed by atoms with van der Waals surface area (Å²) in [5, 5.41) is 3.28. The number of furan rings is 1. The Bertz CT molecular complexity index is 335.